The highest BCUT2D eigenvalue weighted by atomic mass is 16.2. The van der Waals surface area contributed by atoms with Gasteiger partial charge in [-0.15, -0.1) is 0 Å². The molecule has 0 bridgehead atoms. The van der Waals surface area contributed by atoms with Crippen LogP contribution in [0.5, 0.6) is 0 Å². The summed E-state index contributed by atoms with van der Waals surface area (Å²) in [6.07, 6.45) is 2.06. The number of benzene rings is 2. The highest BCUT2D eigenvalue weighted by Gasteiger charge is 2.24. The molecule has 2 aromatic rings. The van der Waals surface area contributed by atoms with E-state index in [1.807, 2.05) is 30.3 Å². The first-order valence-electron chi connectivity index (χ1n) is 7.26. The van der Waals surface area contributed by atoms with Crippen molar-refractivity contribution in [3.8, 4) is 0 Å². The summed E-state index contributed by atoms with van der Waals surface area (Å²) >= 11 is 0. The number of piperidine rings is 1. The normalized spacial score (nSPS) is 22.6. The summed E-state index contributed by atoms with van der Waals surface area (Å²) in [6, 6.07) is 14.1. The van der Waals surface area contributed by atoms with Gasteiger partial charge in [0.2, 0.25) is 5.91 Å². The first-order valence-corrected chi connectivity index (χ1v) is 7.26. The minimum absolute atomic E-state index is 0.0716. The molecular formula is C17H20N2O. The number of amides is 1. The third-order valence-corrected chi connectivity index (χ3v) is 4.03. The zero-order chi connectivity index (χ0) is 13.9. The first kappa shape index (κ1) is 13.1. The molecule has 1 heterocycles. The molecule has 2 N–H and O–H groups in total. The summed E-state index contributed by atoms with van der Waals surface area (Å²) < 4.78 is 0. The summed E-state index contributed by atoms with van der Waals surface area (Å²) in [7, 11) is 0. The van der Waals surface area contributed by atoms with Gasteiger partial charge in [-0.2, -0.15) is 0 Å². The third kappa shape index (κ3) is 2.68. The molecule has 2 atom stereocenters. The van der Waals surface area contributed by atoms with E-state index in [2.05, 4.69) is 29.7 Å². The van der Waals surface area contributed by atoms with Crippen molar-refractivity contribution in [3.63, 3.8) is 0 Å². The van der Waals surface area contributed by atoms with E-state index in [-0.39, 0.29) is 11.9 Å². The molecule has 3 heteroatoms. The Balaban J connectivity index is 1.80. The number of carbonyl (C=O) groups is 1. The van der Waals surface area contributed by atoms with Crippen LogP contribution >= 0.6 is 0 Å². The number of carbonyl (C=O) groups excluding carboxylic acids is 1. The molecular weight excluding hydrogens is 248 g/mol. The average Bonchev–Trinajstić information content (AvgIpc) is 2.47. The SMILES string of the molecule is CC1CCNC(C(=O)Nc2cccc3ccccc23)C1. The molecule has 1 amide bonds. The summed E-state index contributed by atoms with van der Waals surface area (Å²) in [5, 5.41) is 8.62. The van der Waals surface area contributed by atoms with E-state index in [0.29, 0.717) is 5.92 Å². The third-order valence-electron chi connectivity index (χ3n) is 4.03. The van der Waals surface area contributed by atoms with E-state index in [1.165, 1.54) is 0 Å². The molecule has 3 rings (SSSR count). The lowest BCUT2D eigenvalue weighted by Gasteiger charge is -2.27. The van der Waals surface area contributed by atoms with Crippen molar-refractivity contribution in [2.75, 3.05) is 11.9 Å². The highest BCUT2D eigenvalue weighted by Crippen LogP contribution is 2.24. The predicted molar refractivity (Wildman–Crippen MR) is 82.8 cm³/mol. The highest BCUT2D eigenvalue weighted by molar-refractivity contribution is 6.03. The lowest BCUT2D eigenvalue weighted by molar-refractivity contribution is -0.119. The van der Waals surface area contributed by atoms with Gasteiger partial charge in [-0.3, -0.25) is 4.79 Å². The van der Waals surface area contributed by atoms with Crippen LogP contribution in [0.2, 0.25) is 0 Å². The van der Waals surface area contributed by atoms with Gasteiger partial charge in [0, 0.05) is 11.1 Å². The van der Waals surface area contributed by atoms with E-state index in [9.17, 15) is 4.79 Å². The molecule has 1 saturated heterocycles. The lowest BCUT2D eigenvalue weighted by Crippen LogP contribution is -2.45. The molecule has 0 saturated carbocycles. The molecule has 2 aromatic carbocycles. The van der Waals surface area contributed by atoms with Gasteiger partial charge in [-0.1, -0.05) is 43.3 Å². The van der Waals surface area contributed by atoms with E-state index < -0.39 is 0 Å². The summed E-state index contributed by atoms with van der Waals surface area (Å²) in [5.74, 6) is 0.687. The number of nitrogens with one attached hydrogen (secondary N) is 2. The van der Waals surface area contributed by atoms with E-state index in [0.717, 1.165) is 35.8 Å². The van der Waals surface area contributed by atoms with Crippen molar-refractivity contribution >= 4 is 22.4 Å². The second-order valence-corrected chi connectivity index (χ2v) is 5.65. The predicted octanol–water partition coefficient (Wildman–Crippen LogP) is 3.17. The molecule has 2 unspecified atom stereocenters. The second kappa shape index (κ2) is 5.63. The number of hydrogen-bond acceptors (Lipinski definition) is 2. The number of rotatable bonds is 2. The van der Waals surface area contributed by atoms with Gasteiger partial charge >= 0.3 is 0 Å². The monoisotopic (exact) mass is 268 g/mol. The van der Waals surface area contributed by atoms with Crippen molar-refractivity contribution in [1.82, 2.24) is 5.32 Å². The molecule has 0 aromatic heterocycles. The summed E-state index contributed by atoms with van der Waals surface area (Å²) in [5.41, 5.74) is 0.896. The first-order chi connectivity index (χ1) is 9.74. The van der Waals surface area contributed by atoms with Crippen LogP contribution in [0.15, 0.2) is 42.5 Å². The average molecular weight is 268 g/mol. The molecule has 1 aliphatic rings. The standard InChI is InChI=1S/C17H20N2O/c1-12-9-10-18-16(11-12)17(20)19-15-8-4-6-13-5-2-3-7-14(13)15/h2-8,12,16,18H,9-11H2,1H3,(H,19,20). The van der Waals surface area contributed by atoms with Crippen molar-refractivity contribution in [3.05, 3.63) is 42.5 Å². The second-order valence-electron chi connectivity index (χ2n) is 5.65. The van der Waals surface area contributed by atoms with Crippen LogP contribution in [0.4, 0.5) is 5.69 Å². The van der Waals surface area contributed by atoms with Gasteiger partial charge in [-0.25, -0.2) is 0 Å². The van der Waals surface area contributed by atoms with Crippen LogP contribution in [-0.4, -0.2) is 18.5 Å². The molecule has 0 spiro atoms. The Morgan fingerprint density at radius 2 is 2.00 bits per heavy atom. The molecule has 3 nitrogen and oxygen atoms in total. The number of anilines is 1. The smallest absolute Gasteiger partial charge is 0.241 e. The minimum atomic E-state index is -0.0716. The Kier molecular flexibility index (Phi) is 3.70. The lowest BCUT2D eigenvalue weighted by atomic mass is 9.94. The Hall–Kier alpha value is -1.87. The largest absolute Gasteiger partial charge is 0.324 e. The van der Waals surface area contributed by atoms with E-state index in [1.54, 1.807) is 0 Å². The molecule has 0 radical (unpaired) electrons. The molecule has 1 aliphatic heterocycles. The number of fused-ring (bicyclic) bond motifs is 1. The molecule has 20 heavy (non-hydrogen) atoms. The maximum atomic E-state index is 12.4. The molecule has 1 fully saturated rings. The zero-order valence-corrected chi connectivity index (χ0v) is 11.7. The van der Waals surface area contributed by atoms with Crippen LogP contribution < -0.4 is 10.6 Å². The maximum Gasteiger partial charge on any atom is 0.241 e. The van der Waals surface area contributed by atoms with Gasteiger partial charge in [0.15, 0.2) is 0 Å². The zero-order valence-electron chi connectivity index (χ0n) is 11.7. The van der Waals surface area contributed by atoms with Crippen LogP contribution in [0, 0.1) is 5.92 Å². The van der Waals surface area contributed by atoms with E-state index >= 15 is 0 Å². The van der Waals surface area contributed by atoms with Gasteiger partial charge in [0.1, 0.15) is 0 Å². The van der Waals surface area contributed by atoms with E-state index in [4.69, 9.17) is 0 Å². The van der Waals surface area contributed by atoms with Crippen LogP contribution in [0.3, 0.4) is 0 Å². The van der Waals surface area contributed by atoms with Gasteiger partial charge in [0.05, 0.1) is 6.04 Å². The van der Waals surface area contributed by atoms with Crippen molar-refractivity contribution in [2.45, 2.75) is 25.8 Å². The molecule has 104 valence electrons. The fourth-order valence-corrected chi connectivity index (χ4v) is 2.86. The van der Waals surface area contributed by atoms with Crippen LogP contribution in [-0.2, 0) is 4.79 Å². The fraction of sp³-hybridized carbons (Fsp3) is 0.353. The quantitative estimate of drug-likeness (QED) is 0.878. The van der Waals surface area contributed by atoms with Crippen molar-refractivity contribution < 1.29 is 4.79 Å². The summed E-state index contributed by atoms with van der Waals surface area (Å²) in [4.78, 5) is 12.4. The van der Waals surface area contributed by atoms with Crippen molar-refractivity contribution in [1.29, 1.82) is 0 Å². The van der Waals surface area contributed by atoms with Gasteiger partial charge in [-0.05, 0) is 36.8 Å². The maximum absolute atomic E-state index is 12.4. The molecule has 0 aliphatic carbocycles. The minimum Gasteiger partial charge on any atom is -0.324 e. The summed E-state index contributed by atoms with van der Waals surface area (Å²) in [6.45, 7) is 3.13. The topological polar surface area (TPSA) is 41.1 Å². The van der Waals surface area contributed by atoms with Crippen LogP contribution in [0.25, 0.3) is 10.8 Å². The fourth-order valence-electron chi connectivity index (χ4n) is 2.86. The Morgan fingerprint density at radius 1 is 1.20 bits per heavy atom. The van der Waals surface area contributed by atoms with Crippen LogP contribution in [0.1, 0.15) is 19.8 Å². The Labute approximate surface area is 119 Å². The van der Waals surface area contributed by atoms with Gasteiger partial charge < -0.3 is 10.6 Å². The Morgan fingerprint density at radius 3 is 2.85 bits per heavy atom. The number of hydrogen-bond donors (Lipinski definition) is 2. The Bertz CT molecular complexity index is 618. The van der Waals surface area contributed by atoms with Crippen molar-refractivity contribution in [2.24, 2.45) is 5.92 Å². The van der Waals surface area contributed by atoms with Gasteiger partial charge in [0.25, 0.3) is 0 Å².